The van der Waals surface area contributed by atoms with E-state index in [2.05, 4.69) is 25.9 Å². The van der Waals surface area contributed by atoms with Crippen molar-refractivity contribution in [1.29, 1.82) is 0 Å². The Morgan fingerprint density at radius 3 is 2.91 bits per heavy atom. The quantitative estimate of drug-likeness (QED) is 0.579. The minimum Gasteiger partial charge on any atom is -0.369 e. The van der Waals surface area contributed by atoms with E-state index in [9.17, 15) is 0 Å². The lowest BCUT2D eigenvalue weighted by Gasteiger charge is -1.99. The Kier molecular flexibility index (Phi) is 3.02. The summed E-state index contributed by atoms with van der Waals surface area (Å²) in [5.41, 5.74) is 0. The average Bonchev–Trinajstić information content (AvgIpc) is 2.31. The molecule has 11 heavy (non-hydrogen) atoms. The number of aromatic nitrogens is 1. The molecule has 0 radical (unpaired) electrons. The fraction of sp³-hybridized carbons (Fsp3) is 0.333. The van der Waals surface area contributed by atoms with Gasteiger partial charge in [0.05, 0.1) is 16.3 Å². The molecule has 0 N–H and O–H groups in total. The summed E-state index contributed by atoms with van der Waals surface area (Å²) < 4.78 is 1.00. The van der Waals surface area contributed by atoms with E-state index < -0.39 is 0 Å². The van der Waals surface area contributed by atoms with Gasteiger partial charge in [0.25, 0.3) is 0 Å². The summed E-state index contributed by atoms with van der Waals surface area (Å²) in [5.74, 6) is 0. The number of hydrogen-bond donors (Lipinski definition) is 0. The maximum absolute atomic E-state index is 4.10. The van der Waals surface area contributed by atoms with Crippen LogP contribution >= 0.6 is 27.3 Å². The molecule has 1 aromatic heterocycles. The summed E-state index contributed by atoms with van der Waals surface area (Å²) in [6, 6.07) is 0. The molecule has 60 valence electrons. The number of rotatable bonds is 2. The molecular formula is C6H8BrN3S. The second-order valence-corrected chi connectivity index (χ2v) is 4.54. The molecule has 5 heteroatoms. The molecule has 1 heterocycles. The first kappa shape index (κ1) is 8.67. The monoisotopic (exact) mass is 233 g/mol. The van der Waals surface area contributed by atoms with Crippen molar-refractivity contribution < 1.29 is 0 Å². The van der Waals surface area contributed by atoms with Gasteiger partial charge in [0.1, 0.15) is 0 Å². The normalized spacial score (nSPS) is 10.8. The van der Waals surface area contributed by atoms with E-state index in [0.717, 1.165) is 8.92 Å². The molecule has 3 nitrogen and oxygen atoms in total. The van der Waals surface area contributed by atoms with Gasteiger partial charge in [0, 0.05) is 14.1 Å². The van der Waals surface area contributed by atoms with Crippen molar-refractivity contribution in [2.45, 2.75) is 0 Å². The van der Waals surface area contributed by atoms with Crippen molar-refractivity contribution in [3.8, 4) is 0 Å². The van der Waals surface area contributed by atoms with E-state index in [-0.39, 0.29) is 0 Å². The lowest BCUT2D eigenvalue weighted by molar-refractivity contribution is 0.643. The van der Waals surface area contributed by atoms with Gasteiger partial charge in [-0.1, -0.05) is 11.3 Å². The number of hydrogen-bond acceptors (Lipinski definition) is 3. The van der Waals surface area contributed by atoms with E-state index in [1.165, 1.54) is 11.3 Å². The van der Waals surface area contributed by atoms with Gasteiger partial charge in [-0.2, -0.15) is 0 Å². The Morgan fingerprint density at radius 1 is 1.73 bits per heavy atom. The summed E-state index contributed by atoms with van der Waals surface area (Å²) in [6.45, 7) is 0. The van der Waals surface area contributed by atoms with E-state index in [1.54, 1.807) is 12.5 Å². The number of thiazole rings is 1. The van der Waals surface area contributed by atoms with Gasteiger partial charge < -0.3 is 4.90 Å². The van der Waals surface area contributed by atoms with E-state index in [0.29, 0.717) is 0 Å². The standard InChI is InChI=1S/C6H8BrN3S/c1-10(2)4-9-6-8-3-5(7)11-6/h3-4H,1-2H3. The third kappa shape index (κ3) is 2.98. The largest absolute Gasteiger partial charge is 0.369 e. The van der Waals surface area contributed by atoms with Crippen molar-refractivity contribution >= 4 is 38.7 Å². The van der Waals surface area contributed by atoms with Crippen LogP contribution in [0.15, 0.2) is 15.0 Å². The summed E-state index contributed by atoms with van der Waals surface area (Å²) in [4.78, 5) is 10.0. The molecule has 1 aromatic rings. The molecule has 0 saturated carbocycles. The number of halogens is 1. The van der Waals surface area contributed by atoms with Crippen molar-refractivity contribution in [2.24, 2.45) is 4.99 Å². The van der Waals surface area contributed by atoms with E-state index in [4.69, 9.17) is 0 Å². The zero-order chi connectivity index (χ0) is 8.27. The van der Waals surface area contributed by atoms with Crippen LogP contribution in [0.1, 0.15) is 0 Å². The Hall–Kier alpha value is -0.420. The second kappa shape index (κ2) is 3.82. The van der Waals surface area contributed by atoms with Crippen LogP contribution in [0.2, 0.25) is 0 Å². The maximum Gasteiger partial charge on any atom is 0.211 e. The molecule has 0 saturated heterocycles. The summed E-state index contributed by atoms with van der Waals surface area (Å²) in [5, 5.41) is 0.769. The zero-order valence-corrected chi connectivity index (χ0v) is 8.69. The predicted molar refractivity (Wildman–Crippen MR) is 51.7 cm³/mol. The van der Waals surface area contributed by atoms with Crippen molar-refractivity contribution in [3.05, 3.63) is 9.98 Å². The van der Waals surface area contributed by atoms with Gasteiger partial charge >= 0.3 is 0 Å². The summed E-state index contributed by atoms with van der Waals surface area (Å²) in [6.07, 6.45) is 3.47. The van der Waals surface area contributed by atoms with Gasteiger partial charge in [-0.15, -0.1) is 0 Å². The molecule has 0 aliphatic rings. The van der Waals surface area contributed by atoms with Crippen LogP contribution in [0.3, 0.4) is 0 Å². The highest BCUT2D eigenvalue weighted by Crippen LogP contribution is 2.24. The molecule has 0 amide bonds. The summed E-state index contributed by atoms with van der Waals surface area (Å²) in [7, 11) is 3.85. The van der Waals surface area contributed by atoms with Crippen LogP contribution in [-0.2, 0) is 0 Å². The van der Waals surface area contributed by atoms with Crippen LogP contribution in [0.5, 0.6) is 0 Å². The van der Waals surface area contributed by atoms with Crippen molar-refractivity contribution in [1.82, 2.24) is 9.88 Å². The topological polar surface area (TPSA) is 28.5 Å². The predicted octanol–water partition coefficient (Wildman–Crippen LogP) is 2.13. The maximum atomic E-state index is 4.10. The third-order valence-electron chi connectivity index (χ3n) is 0.864. The molecule has 0 fully saturated rings. The van der Waals surface area contributed by atoms with Crippen molar-refractivity contribution in [3.63, 3.8) is 0 Å². The lowest BCUT2D eigenvalue weighted by atomic mass is 10.9. The number of aliphatic imine (C=N–C) groups is 1. The first-order chi connectivity index (χ1) is 5.18. The SMILES string of the molecule is CN(C)C=Nc1ncc(Br)s1. The Morgan fingerprint density at radius 2 is 2.45 bits per heavy atom. The number of nitrogens with zero attached hydrogens (tertiary/aromatic N) is 3. The van der Waals surface area contributed by atoms with Gasteiger partial charge in [-0.3, -0.25) is 0 Å². The van der Waals surface area contributed by atoms with Gasteiger partial charge in [0.2, 0.25) is 5.13 Å². The Balaban J connectivity index is 2.64. The lowest BCUT2D eigenvalue weighted by Crippen LogP contribution is -2.06. The molecule has 1 rings (SSSR count). The fourth-order valence-corrected chi connectivity index (χ4v) is 1.49. The molecular weight excluding hydrogens is 226 g/mol. The Bertz CT molecular complexity index is 256. The summed E-state index contributed by atoms with van der Waals surface area (Å²) >= 11 is 4.82. The van der Waals surface area contributed by atoms with E-state index in [1.807, 2.05) is 19.0 Å². The highest BCUT2D eigenvalue weighted by molar-refractivity contribution is 9.11. The van der Waals surface area contributed by atoms with Crippen LogP contribution in [-0.4, -0.2) is 30.3 Å². The fourth-order valence-electron chi connectivity index (χ4n) is 0.470. The molecule has 0 aliphatic heterocycles. The molecule has 0 aromatic carbocycles. The first-order valence-corrected chi connectivity index (χ1v) is 4.61. The molecule has 0 spiro atoms. The van der Waals surface area contributed by atoms with Gasteiger partial charge in [-0.05, 0) is 15.9 Å². The van der Waals surface area contributed by atoms with Crippen LogP contribution in [0.25, 0.3) is 0 Å². The van der Waals surface area contributed by atoms with Crippen LogP contribution in [0, 0.1) is 0 Å². The van der Waals surface area contributed by atoms with Gasteiger partial charge in [-0.25, -0.2) is 9.98 Å². The molecule has 0 bridgehead atoms. The Labute approximate surface area is 77.9 Å². The first-order valence-electron chi connectivity index (χ1n) is 3.00. The van der Waals surface area contributed by atoms with Crippen LogP contribution < -0.4 is 0 Å². The highest BCUT2D eigenvalue weighted by atomic mass is 79.9. The van der Waals surface area contributed by atoms with Gasteiger partial charge in [0.15, 0.2) is 0 Å². The smallest absolute Gasteiger partial charge is 0.211 e. The van der Waals surface area contributed by atoms with E-state index >= 15 is 0 Å². The minimum absolute atomic E-state index is 0.769. The third-order valence-corrected chi connectivity index (χ3v) is 2.25. The molecule has 0 atom stereocenters. The minimum atomic E-state index is 0.769. The van der Waals surface area contributed by atoms with Crippen LogP contribution in [0.4, 0.5) is 5.13 Å². The highest BCUT2D eigenvalue weighted by Gasteiger charge is 1.94. The molecule has 0 aliphatic carbocycles. The average molecular weight is 234 g/mol. The molecule has 0 unspecified atom stereocenters. The van der Waals surface area contributed by atoms with Crippen molar-refractivity contribution in [2.75, 3.05) is 14.1 Å². The zero-order valence-electron chi connectivity index (χ0n) is 6.28. The second-order valence-electron chi connectivity index (χ2n) is 2.16.